The number of aromatic nitrogens is 1. The normalized spacial score (nSPS) is 11.9. The molecule has 21 heavy (non-hydrogen) atoms. The summed E-state index contributed by atoms with van der Waals surface area (Å²) in [6.07, 6.45) is 0.337. The Bertz CT molecular complexity index is 625. The van der Waals surface area contributed by atoms with Crippen LogP contribution in [-0.2, 0) is 4.79 Å². The minimum Gasteiger partial charge on any atom is -0.481 e. The lowest BCUT2D eigenvalue weighted by atomic mass is 10.0. The van der Waals surface area contributed by atoms with Gasteiger partial charge in [0, 0.05) is 11.8 Å². The molecule has 5 nitrogen and oxygen atoms in total. The van der Waals surface area contributed by atoms with E-state index < -0.39 is 5.97 Å². The molecule has 0 bridgehead atoms. The van der Waals surface area contributed by atoms with E-state index in [-0.39, 0.29) is 18.4 Å². The SMILES string of the molecule is Cc1nc(C(=O)NC(CCC(=O)O)c2ccccc2)cs1. The number of hydrogen-bond acceptors (Lipinski definition) is 4. The number of hydrogen-bond donors (Lipinski definition) is 2. The Balaban J connectivity index is 2.12. The van der Waals surface area contributed by atoms with E-state index in [0.717, 1.165) is 10.6 Å². The fourth-order valence-electron chi connectivity index (χ4n) is 1.98. The first-order chi connectivity index (χ1) is 10.1. The molecule has 0 aliphatic carbocycles. The summed E-state index contributed by atoms with van der Waals surface area (Å²) in [6.45, 7) is 1.83. The summed E-state index contributed by atoms with van der Waals surface area (Å²) in [5.41, 5.74) is 1.26. The van der Waals surface area contributed by atoms with Crippen molar-refractivity contribution in [1.29, 1.82) is 0 Å². The largest absolute Gasteiger partial charge is 0.481 e. The van der Waals surface area contributed by atoms with Crippen LogP contribution in [0.2, 0.25) is 0 Å². The molecular weight excluding hydrogens is 288 g/mol. The Labute approximate surface area is 126 Å². The molecule has 1 aromatic carbocycles. The van der Waals surface area contributed by atoms with E-state index in [0.29, 0.717) is 12.1 Å². The van der Waals surface area contributed by atoms with Gasteiger partial charge in [-0.05, 0) is 18.9 Å². The van der Waals surface area contributed by atoms with E-state index in [2.05, 4.69) is 10.3 Å². The van der Waals surface area contributed by atoms with Crippen molar-refractivity contribution in [1.82, 2.24) is 10.3 Å². The van der Waals surface area contributed by atoms with Gasteiger partial charge in [-0.25, -0.2) is 4.98 Å². The summed E-state index contributed by atoms with van der Waals surface area (Å²) >= 11 is 1.41. The second-order valence-corrected chi connectivity index (χ2v) is 5.68. The number of aryl methyl sites for hydroxylation is 1. The van der Waals surface area contributed by atoms with Gasteiger partial charge in [0.15, 0.2) is 0 Å². The summed E-state index contributed by atoms with van der Waals surface area (Å²) in [5, 5.41) is 14.2. The number of carboxylic acids is 1. The van der Waals surface area contributed by atoms with Crippen LogP contribution < -0.4 is 5.32 Å². The second kappa shape index (κ2) is 6.99. The predicted molar refractivity (Wildman–Crippen MR) is 80.4 cm³/mol. The molecular formula is C15H16N2O3S. The molecule has 0 radical (unpaired) electrons. The van der Waals surface area contributed by atoms with Crippen molar-refractivity contribution in [2.24, 2.45) is 0 Å². The lowest BCUT2D eigenvalue weighted by Crippen LogP contribution is -2.29. The quantitative estimate of drug-likeness (QED) is 0.860. The van der Waals surface area contributed by atoms with Crippen LogP contribution in [0.1, 0.15) is 39.9 Å². The first-order valence-electron chi connectivity index (χ1n) is 6.56. The first kappa shape index (κ1) is 15.2. The van der Waals surface area contributed by atoms with Crippen LogP contribution in [0.3, 0.4) is 0 Å². The molecule has 110 valence electrons. The van der Waals surface area contributed by atoms with E-state index in [9.17, 15) is 9.59 Å². The molecule has 1 amide bonds. The van der Waals surface area contributed by atoms with Gasteiger partial charge in [0.2, 0.25) is 0 Å². The molecule has 0 saturated carbocycles. The zero-order valence-electron chi connectivity index (χ0n) is 11.6. The number of carbonyl (C=O) groups is 2. The maximum absolute atomic E-state index is 12.2. The van der Waals surface area contributed by atoms with E-state index >= 15 is 0 Å². The van der Waals surface area contributed by atoms with Crippen LogP contribution in [0, 0.1) is 6.92 Å². The summed E-state index contributed by atoms with van der Waals surface area (Å²) in [4.78, 5) is 27.1. The van der Waals surface area contributed by atoms with E-state index in [4.69, 9.17) is 5.11 Å². The van der Waals surface area contributed by atoms with E-state index in [1.807, 2.05) is 37.3 Å². The fourth-order valence-corrected chi connectivity index (χ4v) is 2.57. The van der Waals surface area contributed by atoms with Crippen molar-refractivity contribution in [2.45, 2.75) is 25.8 Å². The maximum atomic E-state index is 12.2. The van der Waals surface area contributed by atoms with Crippen LogP contribution in [0.25, 0.3) is 0 Å². The topological polar surface area (TPSA) is 79.3 Å². The Hall–Kier alpha value is -2.21. The molecule has 0 spiro atoms. The Morgan fingerprint density at radius 2 is 2.05 bits per heavy atom. The van der Waals surface area contributed by atoms with Crippen molar-refractivity contribution in [2.75, 3.05) is 0 Å². The lowest BCUT2D eigenvalue weighted by molar-refractivity contribution is -0.137. The van der Waals surface area contributed by atoms with Gasteiger partial charge in [-0.1, -0.05) is 30.3 Å². The Morgan fingerprint density at radius 3 is 2.62 bits per heavy atom. The molecule has 2 aromatic rings. The van der Waals surface area contributed by atoms with E-state index in [1.54, 1.807) is 5.38 Å². The third kappa shape index (κ3) is 4.39. The van der Waals surface area contributed by atoms with Crippen LogP contribution in [-0.4, -0.2) is 22.0 Å². The van der Waals surface area contributed by atoms with Gasteiger partial charge in [0.25, 0.3) is 5.91 Å². The number of carboxylic acid groups (broad SMARTS) is 1. The molecule has 0 saturated heterocycles. The number of thiazole rings is 1. The lowest BCUT2D eigenvalue weighted by Gasteiger charge is -2.18. The van der Waals surface area contributed by atoms with Gasteiger partial charge < -0.3 is 10.4 Å². The summed E-state index contributed by atoms with van der Waals surface area (Å²) in [7, 11) is 0. The average Bonchev–Trinajstić information content (AvgIpc) is 2.90. The Kier molecular flexibility index (Phi) is 5.05. The van der Waals surface area contributed by atoms with Gasteiger partial charge >= 0.3 is 5.97 Å². The number of nitrogens with zero attached hydrogens (tertiary/aromatic N) is 1. The average molecular weight is 304 g/mol. The minimum absolute atomic E-state index is 0.00403. The highest BCUT2D eigenvalue weighted by molar-refractivity contribution is 7.09. The molecule has 1 unspecified atom stereocenters. The summed E-state index contributed by atoms with van der Waals surface area (Å²) < 4.78 is 0. The maximum Gasteiger partial charge on any atom is 0.303 e. The van der Waals surface area contributed by atoms with Crippen molar-refractivity contribution < 1.29 is 14.7 Å². The highest BCUT2D eigenvalue weighted by atomic mass is 32.1. The molecule has 0 aliphatic rings. The van der Waals surface area contributed by atoms with Gasteiger partial charge in [0.1, 0.15) is 5.69 Å². The van der Waals surface area contributed by atoms with Crippen molar-refractivity contribution in [3.63, 3.8) is 0 Å². The third-order valence-corrected chi connectivity index (χ3v) is 3.78. The number of amides is 1. The molecule has 2 rings (SSSR count). The number of nitrogens with one attached hydrogen (secondary N) is 1. The smallest absolute Gasteiger partial charge is 0.303 e. The molecule has 2 N–H and O–H groups in total. The van der Waals surface area contributed by atoms with Crippen molar-refractivity contribution in [3.8, 4) is 0 Å². The fraction of sp³-hybridized carbons (Fsp3) is 0.267. The highest BCUT2D eigenvalue weighted by Crippen LogP contribution is 2.19. The number of rotatable bonds is 6. The van der Waals surface area contributed by atoms with Crippen molar-refractivity contribution >= 4 is 23.2 Å². The van der Waals surface area contributed by atoms with Crippen LogP contribution >= 0.6 is 11.3 Å². The highest BCUT2D eigenvalue weighted by Gasteiger charge is 2.18. The molecule has 1 heterocycles. The number of carbonyl (C=O) groups excluding carboxylic acids is 1. The van der Waals surface area contributed by atoms with Crippen LogP contribution in [0.15, 0.2) is 35.7 Å². The number of benzene rings is 1. The van der Waals surface area contributed by atoms with Crippen molar-refractivity contribution in [3.05, 3.63) is 52.0 Å². The molecule has 0 aliphatic heterocycles. The van der Waals surface area contributed by atoms with Crippen LogP contribution in [0.4, 0.5) is 0 Å². The zero-order chi connectivity index (χ0) is 15.2. The third-order valence-electron chi connectivity index (χ3n) is 3.01. The molecule has 1 atom stereocenters. The number of aliphatic carboxylic acids is 1. The monoisotopic (exact) mass is 304 g/mol. The zero-order valence-corrected chi connectivity index (χ0v) is 12.4. The van der Waals surface area contributed by atoms with Gasteiger partial charge in [-0.3, -0.25) is 9.59 Å². The standard InChI is InChI=1S/C15H16N2O3S/c1-10-16-13(9-21-10)15(20)17-12(7-8-14(18)19)11-5-3-2-4-6-11/h2-6,9,12H,7-8H2,1H3,(H,17,20)(H,18,19). The molecule has 6 heteroatoms. The first-order valence-corrected chi connectivity index (χ1v) is 7.44. The van der Waals surface area contributed by atoms with Gasteiger partial charge in [-0.2, -0.15) is 0 Å². The van der Waals surface area contributed by atoms with Crippen LogP contribution in [0.5, 0.6) is 0 Å². The minimum atomic E-state index is -0.880. The predicted octanol–water partition coefficient (Wildman–Crippen LogP) is 2.79. The Morgan fingerprint density at radius 1 is 1.33 bits per heavy atom. The second-order valence-electron chi connectivity index (χ2n) is 4.62. The molecule has 0 fully saturated rings. The summed E-state index contributed by atoms with van der Waals surface area (Å²) in [5.74, 6) is -1.16. The summed E-state index contributed by atoms with van der Waals surface area (Å²) in [6, 6.07) is 9.02. The van der Waals surface area contributed by atoms with E-state index in [1.165, 1.54) is 11.3 Å². The molecule has 1 aromatic heterocycles. The van der Waals surface area contributed by atoms with Gasteiger partial charge in [-0.15, -0.1) is 11.3 Å². The van der Waals surface area contributed by atoms with Gasteiger partial charge in [0.05, 0.1) is 11.0 Å².